The molecule has 0 aliphatic heterocycles. The number of thioether (sulfide) groups is 1. The van der Waals surface area contributed by atoms with E-state index in [4.69, 9.17) is 11.6 Å². The lowest BCUT2D eigenvalue weighted by Gasteiger charge is -2.01. The van der Waals surface area contributed by atoms with Gasteiger partial charge in [0, 0.05) is 7.05 Å². The van der Waals surface area contributed by atoms with Crippen LogP contribution in [-0.2, 0) is 12.9 Å². The molecule has 0 fully saturated rings. The number of hydrogen-bond donors (Lipinski definition) is 0. The molecule has 80 valence electrons. The Balaban J connectivity index is 2.81. The quantitative estimate of drug-likeness (QED) is 0.612. The number of thiazole rings is 1. The van der Waals surface area contributed by atoms with Crippen LogP contribution in [0.4, 0.5) is 0 Å². The van der Waals surface area contributed by atoms with Gasteiger partial charge in [0.25, 0.3) is 5.56 Å². The molecule has 2 aromatic heterocycles. The number of nitrogens with zero attached hydrogens (tertiary/aromatic N) is 3. The van der Waals surface area contributed by atoms with Gasteiger partial charge < -0.3 is 0 Å². The first-order chi connectivity index (χ1) is 7.17. The molecular weight excluding hydrogens is 254 g/mol. The van der Waals surface area contributed by atoms with Crippen molar-refractivity contribution in [3.8, 4) is 0 Å². The Morgan fingerprint density at radius 3 is 2.87 bits per heavy atom. The van der Waals surface area contributed by atoms with Crippen molar-refractivity contribution in [2.75, 3.05) is 6.26 Å². The monoisotopic (exact) mass is 261 g/mol. The second kappa shape index (κ2) is 4.11. The van der Waals surface area contributed by atoms with Gasteiger partial charge in [-0.2, -0.15) is 0 Å². The predicted molar refractivity (Wildman–Crippen MR) is 64.0 cm³/mol. The van der Waals surface area contributed by atoms with Crippen molar-refractivity contribution < 1.29 is 0 Å². The highest BCUT2D eigenvalue weighted by atomic mass is 35.5. The molecule has 0 aromatic carbocycles. The standard InChI is InChI=1S/C8H8ClN3OS2/c1-12-4(3-9)10-6-5(7(12)13)11-8(14-2)15-6/h3H2,1-2H3. The summed E-state index contributed by atoms with van der Waals surface area (Å²) in [6, 6.07) is 0. The molecule has 0 saturated carbocycles. The van der Waals surface area contributed by atoms with Gasteiger partial charge in [-0.05, 0) is 6.26 Å². The zero-order valence-corrected chi connectivity index (χ0v) is 10.5. The molecule has 0 unspecified atom stereocenters. The van der Waals surface area contributed by atoms with Crippen LogP contribution in [-0.4, -0.2) is 20.8 Å². The van der Waals surface area contributed by atoms with Crippen molar-refractivity contribution in [2.24, 2.45) is 7.05 Å². The first-order valence-electron chi connectivity index (χ1n) is 4.13. The first kappa shape index (κ1) is 10.9. The summed E-state index contributed by atoms with van der Waals surface area (Å²) in [5.74, 6) is 0.805. The number of halogens is 1. The highest BCUT2D eigenvalue weighted by Gasteiger charge is 2.12. The molecule has 0 saturated heterocycles. The smallest absolute Gasteiger partial charge is 0.280 e. The molecule has 0 spiro atoms. The van der Waals surface area contributed by atoms with Crippen LogP contribution >= 0.6 is 34.7 Å². The number of hydrogen-bond acceptors (Lipinski definition) is 5. The van der Waals surface area contributed by atoms with Crippen LogP contribution in [0, 0.1) is 0 Å². The average Bonchev–Trinajstić information content (AvgIpc) is 2.66. The van der Waals surface area contributed by atoms with E-state index >= 15 is 0 Å². The number of rotatable bonds is 2. The maximum Gasteiger partial charge on any atom is 0.280 e. The van der Waals surface area contributed by atoms with Crippen molar-refractivity contribution in [2.45, 2.75) is 10.2 Å². The first-order valence-corrected chi connectivity index (χ1v) is 6.71. The summed E-state index contributed by atoms with van der Waals surface area (Å²) in [5.41, 5.74) is 0.299. The van der Waals surface area contributed by atoms with Gasteiger partial charge in [0.2, 0.25) is 0 Å². The minimum Gasteiger partial charge on any atom is -0.297 e. The van der Waals surface area contributed by atoms with Crippen LogP contribution in [0.1, 0.15) is 5.82 Å². The molecule has 2 aromatic rings. The average molecular weight is 262 g/mol. The minimum absolute atomic E-state index is 0.132. The summed E-state index contributed by atoms with van der Waals surface area (Å²) in [4.78, 5) is 21.0. The lowest BCUT2D eigenvalue weighted by molar-refractivity contribution is 0.782. The van der Waals surface area contributed by atoms with E-state index in [0.29, 0.717) is 16.2 Å². The second-order valence-corrected chi connectivity index (χ2v) is 5.16. The van der Waals surface area contributed by atoms with Crippen LogP contribution in [0.2, 0.25) is 0 Å². The maximum absolute atomic E-state index is 11.8. The van der Waals surface area contributed by atoms with Crippen molar-refractivity contribution in [1.82, 2.24) is 14.5 Å². The van der Waals surface area contributed by atoms with Crippen LogP contribution in [0.5, 0.6) is 0 Å². The van der Waals surface area contributed by atoms with E-state index in [1.54, 1.807) is 7.05 Å². The third kappa shape index (κ3) is 1.77. The molecule has 2 heterocycles. The Morgan fingerprint density at radius 2 is 2.27 bits per heavy atom. The largest absolute Gasteiger partial charge is 0.297 e. The summed E-state index contributed by atoms with van der Waals surface area (Å²) in [7, 11) is 1.66. The third-order valence-corrected chi connectivity index (χ3v) is 4.18. The molecule has 0 aliphatic carbocycles. The molecule has 0 radical (unpaired) electrons. The van der Waals surface area contributed by atoms with E-state index in [9.17, 15) is 4.79 Å². The van der Waals surface area contributed by atoms with E-state index < -0.39 is 0 Å². The van der Waals surface area contributed by atoms with E-state index in [-0.39, 0.29) is 11.4 Å². The Hall–Kier alpha value is -0.590. The van der Waals surface area contributed by atoms with Crippen LogP contribution in [0.25, 0.3) is 10.3 Å². The second-order valence-electron chi connectivity index (χ2n) is 2.86. The lowest BCUT2D eigenvalue weighted by atomic mass is 10.5. The van der Waals surface area contributed by atoms with Gasteiger partial charge in [0.1, 0.15) is 5.82 Å². The zero-order chi connectivity index (χ0) is 11.0. The Kier molecular flexibility index (Phi) is 2.99. The molecular formula is C8H8ClN3OS2. The summed E-state index contributed by atoms with van der Waals surface area (Å²) in [6.07, 6.45) is 1.92. The van der Waals surface area contributed by atoms with E-state index in [0.717, 1.165) is 4.34 Å². The highest BCUT2D eigenvalue weighted by molar-refractivity contribution is 8.00. The summed E-state index contributed by atoms with van der Waals surface area (Å²) in [5, 5.41) is 0. The van der Waals surface area contributed by atoms with Crippen LogP contribution in [0.15, 0.2) is 9.13 Å². The van der Waals surface area contributed by atoms with E-state index in [1.165, 1.54) is 27.7 Å². The fourth-order valence-electron chi connectivity index (χ4n) is 1.18. The molecule has 0 bridgehead atoms. The molecule has 0 aliphatic rings. The Bertz CT molecular complexity index is 563. The van der Waals surface area contributed by atoms with Gasteiger partial charge in [-0.25, -0.2) is 9.97 Å². The highest BCUT2D eigenvalue weighted by Crippen LogP contribution is 2.24. The number of fused-ring (bicyclic) bond motifs is 1. The molecule has 15 heavy (non-hydrogen) atoms. The summed E-state index contributed by atoms with van der Waals surface area (Å²) >= 11 is 8.63. The van der Waals surface area contributed by atoms with Gasteiger partial charge >= 0.3 is 0 Å². The molecule has 0 N–H and O–H groups in total. The van der Waals surface area contributed by atoms with Crippen LogP contribution < -0.4 is 5.56 Å². The predicted octanol–water partition coefficient (Wildman–Crippen LogP) is 1.85. The topological polar surface area (TPSA) is 47.8 Å². The SMILES string of the molecule is CSc1nc2c(=O)n(C)c(CCl)nc2s1. The molecule has 4 nitrogen and oxygen atoms in total. The van der Waals surface area contributed by atoms with E-state index in [1.807, 2.05) is 6.26 Å². The van der Waals surface area contributed by atoms with Gasteiger partial charge in [-0.1, -0.05) is 23.1 Å². The molecule has 0 atom stereocenters. The van der Waals surface area contributed by atoms with Crippen molar-refractivity contribution in [3.63, 3.8) is 0 Å². The fraction of sp³-hybridized carbons (Fsp3) is 0.375. The molecule has 7 heteroatoms. The molecule has 2 rings (SSSR count). The van der Waals surface area contributed by atoms with Crippen LogP contribution in [0.3, 0.4) is 0 Å². The normalized spacial score (nSPS) is 11.1. The third-order valence-electron chi connectivity index (χ3n) is 2.01. The van der Waals surface area contributed by atoms with Crippen molar-refractivity contribution in [1.29, 1.82) is 0 Å². The number of aromatic nitrogens is 3. The minimum atomic E-state index is -0.132. The fourth-order valence-corrected chi connectivity index (χ4v) is 2.86. The Labute approximate surface area is 99.3 Å². The van der Waals surface area contributed by atoms with Gasteiger partial charge in [0.05, 0.1) is 5.88 Å². The number of alkyl halides is 1. The van der Waals surface area contributed by atoms with Crippen molar-refractivity contribution >= 4 is 45.0 Å². The molecule has 0 amide bonds. The van der Waals surface area contributed by atoms with Gasteiger partial charge in [0.15, 0.2) is 14.7 Å². The lowest BCUT2D eigenvalue weighted by Crippen LogP contribution is -2.21. The van der Waals surface area contributed by atoms with Gasteiger partial charge in [-0.15, -0.1) is 11.6 Å². The van der Waals surface area contributed by atoms with E-state index in [2.05, 4.69) is 9.97 Å². The maximum atomic E-state index is 11.8. The zero-order valence-electron chi connectivity index (χ0n) is 8.15. The van der Waals surface area contributed by atoms with Gasteiger partial charge in [-0.3, -0.25) is 9.36 Å². The summed E-state index contributed by atoms with van der Waals surface area (Å²) < 4.78 is 2.29. The Morgan fingerprint density at radius 1 is 1.53 bits per heavy atom. The van der Waals surface area contributed by atoms with Crippen molar-refractivity contribution in [3.05, 3.63) is 16.2 Å². The summed E-state index contributed by atoms with van der Waals surface area (Å²) in [6.45, 7) is 0.